The number of halogens is 1. The molecular formula is C18H28IN3O4. The normalized spacial score (nSPS) is 27.4. The molecule has 0 spiro atoms. The van der Waals surface area contributed by atoms with Gasteiger partial charge < -0.3 is 19.1 Å². The van der Waals surface area contributed by atoms with Crippen molar-refractivity contribution in [2.45, 2.75) is 70.5 Å². The molecule has 1 amide bonds. The van der Waals surface area contributed by atoms with Crippen LogP contribution in [0, 0.1) is 3.57 Å². The number of likely N-dealkylation sites (tertiary alicyclic amines) is 1. The number of hydrogen-bond donors (Lipinski definition) is 0. The third-order valence-corrected chi connectivity index (χ3v) is 5.11. The Bertz CT molecular complexity index is 610. The van der Waals surface area contributed by atoms with E-state index in [0.29, 0.717) is 13.1 Å². The summed E-state index contributed by atoms with van der Waals surface area (Å²) in [6.07, 6.45) is 7.05. The molecule has 26 heavy (non-hydrogen) atoms. The van der Waals surface area contributed by atoms with E-state index in [1.807, 2.05) is 37.8 Å². The lowest BCUT2D eigenvalue weighted by molar-refractivity contribution is -0.205. The van der Waals surface area contributed by atoms with Crippen LogP contribution in [0.3, 0.4) is 0 Å². The fraction of sp³-hybridized carbons (Fsp3) is 0.778. The van der Waals surface area contributed by atoms with Gasteiger partial charge in [-0.3, -0.25) is 4.68 Å². The molecule has 1 aromatic heterocycles. The number of carbonyl (C=O) groups is 1. The van der Waals surface area contributed by atoms with Crippen LogP contribution < -0.4 is 0 Å². The fourth-order valence-electron chi connectivity index (χ4n) is 3.34. The van der Waals surface area contributed by atoms with Crippen LogP contribution in [0.4, 0.5) is 4.79 Å². The third kappa shape index (κ3) is 5.32. The number of ether oxygens (including phenoxy) is 3. The Hall–Kier alpha value is -0.870. The summed E-state index contributed by atoms with van der Waals surface area (Å²) in [7, 11) is 0. The molecule has 3 heterocycles. The number of piperidine rings is 1. The first kappa shape index (κ1) is 19.9. The summed E-state index contributed by atoms with van der Waals surface area (Å²) >= 11 is 2.26. The summed E-state index contributed by atoms with van der Waals surface area (Å²) in [5.41, 5.74) is -0.505. The minimum atomic E-state index is -0.505. The first-order chi connectivity index (χ1) is 12.3. The summed E-state index contributed by atoms with van der Waals surface area (Å²) in [4.78, 5) is 14.2. The Morgan fingerprint density at radius 2 is 2.15 bits per heavy atom. The maximum absolute atomic E-state index is 12.5. The molecular weight excluding hydrogens is 449 g/mol. The maximum atomic E-state index is 12.5. The summed E-state index contributed by atoms with van der Waals surface area (Å²) in [5.74, 6) is 0. The van der Waals surface area contributed by atoms with Gasteiger partial charge in [-0.25, -0.2) is 4.79 Å². The van der Waals surface area contributed by atoms with Crippen molar-refractivity contribution in [3.05, 3.63) is 16.0 Å². The van der Waals surface area contributed by atoms with Crippen LogP contribution in [-0.2, 0) is 14.2 Å². The van der Waals surface area contributed by atoms with E-state index in [9.17, 15) is 4.79 Å². The number of aromatic nitrogens is 2. The zero-order valence-corrected chi connectivity index (χ0v) is 17.8. The van der Waals surface area contributed by atoms with Gasteiger partial charge in [0.05, 0.1) is 22.4 Å². The Morgan fingerprint density at radius 1 is 1.35 bits per heavy atom. The van der Waals surface area contributed by atoms with E-state index in [-0.39, 0.29) is 24.5 Å². The predicted molar refractivity (Wildman–Crippen MR) is 105 cm³/mol. The molecule has 0 N–H and O–H groups in total. The van der Waals surface area contributed by atoms with Gasteiger partial charge in [-0.05, 0) is 69.0 Å². The summed E-state index contributed by atoms with van der Waals surface area (Å²) in [5, 5.41) is 4.47. The zero-order chi connectivity index (χ0) is 18.7. The molecule has 2 fully saturated rings. The second-order valence-corrected chi connectivity index (χ2v) is 9.14. The van der Waals surface area contributed by atoms with Crippen molar-refractivity contribution in [3.8, 4) is 0 Å². The van der Waals surface area contributed by atoms with Gasteiger partial charge in [0.1, 0.15) is 11.7 Å². The standard InChI is InChI=1S/C18H28IN3O4/c1-18(2,3)26-17(23)21-8-7-14(22-11-13(19)10-20-22)15(12-21)25-16-6-4-5-9-24-16/h10-11,14-16H,4-9,12H2,1-3H3. The Labute approximate surface area is 168 Å². The van der Waals surface area contributed by atoms with Crippen molar-refractivity contribution in [3.63, 3.8) is 0 Å². The molecule has 3 unspecified atom stereocenters. The molecule has 0 aromatic carbocycles. The van der Waals surface area contributed by atoms with E-state index >= 15 is 0 Å². The molecule has 0 saturated carbocycles. The maximum Gasteiger partial charge on any atom is 0.410 e. The third-order valence-electron chi connectivity index (χ3n) is 4.55. The molecule has 3 rings (SSSR count). The second-order valence-electron chi connectivity index (χ2n) is 7.89. The molecule has 0 aliphatic carbocycles. The van der Waals surface area contributed by atoms with Crippen molar-refractivity contribution >= 4 is 28.7 Å². The van der Waals surface area contributed by atoms with Gasteiger partial charge in [0, 0.05) is 19.3 Å². The molecule has 2 aliphatic rings. The van der Waals surface area contributed by atoms with Gasteiger partial charge in [-0.15, -0.1) is 0 Å². The quantitative estimate of drug-likeness (QED) is 0.623. The average molecular weight is 477 g/mol. The van der Waals surface area contributed by atoms with Crippen LogP contribution in [0.2, 0.25) is 0 Å². The van der Waals surface area contributed by atoms with Gasteiger partial charge >= 0.3 is 6.09 Å². The first-order valence-electron chi connectivity index (χ1n) is 9.26. The molecule has 3 atom stereocenters. The van der Waals surface area contributed by atoms with Gasteiger partial charge in [-0.1, -0.05) is 0 Å². The molecule has 8 heteroatoms. The van der Waals surface area contributed by atoms with Gasteiger partial charge in [0.2, 0.25) is 0 Å². The molecule has 0 radical (unpaired) electrons. The van der Waals surface area contributed by atoms with Crippen molar-refractivity contribution in [2.75, 3.05) is 19.7 Å². The van der Waals surface area contributed by atoms with Crippen LogP contribution in [0.15, 0.2) is 12.4 Å². The van der Waals surface area contributed by atoms with E-state index in [2.05, 4.69) is 27.7 Å². The van der Waals surface area contributed by atoms with Gasteiger partial charge in [0.15, 0.2) is 6.29 Å². The van der Waals surface area contributed by atoms with E-state index in [1.54, 1.807) is 4.90 Å². The SMILES string of the molecule is CC(C)(C)OC(=O)N1CCC(n2cc(I)cn2)C(OC2CCCCO2)C1. The van der Waals surface area contributed by atoms with Crippen molar-refractivity contribution in [2.24, 2.45) is 0 Å². The summed E-state index contributed by atoms with van der Waals surface area (Å²) in [6.45, 7) is 7.49. The zero-order valence-electron chi connectivity index (χ0n) is 15.7. The molecule has 146 valence electrons. The fourth-order valence-corrected chi connectivity index (χ4v) is 3.75. The number of rotatable bonds is 3. The van der Waals surface area contributed by atoms with Crippen LogP contribution in [-0.4, -0.2) is 58.5 Å². The summed E-state index contributed by atoms with van der Waals surface area (Å²) < 4.78 is 20.6. The number of hydrogen-bond acceptors (Lipinski definition) is 5. The topological polar surface area (TPSA) is 65.8 Å². The average Bonchev–Trinajstić information content (AvgIpc) is 3.00. The monoisotopic (exact) mass is 477 g/mol. The largest absolute Gasteiger partial charge is 0.444 e. The highest BCUT2D eigenvalue weighted by molar-refractivity contribution is 14.1. The lowest BCUT2D eigenvalue weighted by Gasteiger charge is -2.40. The van der Waals surface area contributed by atoms with E-state index in [0.717, 1.165) is 35.9 Å². The minimum Gasteiger partial charge on any atom is -0.444 e. The first-order valence-corrected chi connectivity index (χ1v) is 10.3. The molecule has 2 saturated heterocycles. The van der Waals surface area contributed by atoms with E-state index in [4.69, 9.17) is 14.2 Å². The van der Waals surface area contributed by atoms with Crippen LogP contribution >= 0.6 is 22.6 Å². The Morgan fingerprint density at radius 3 is 2.77 bits per heavy atom. The highest BCUT2D eigenvalue weighted by atomic mass is 127. The number of carbonyl (C=O) groups excluding carboxylic acids is 1. The van der Waals surface area contributed by atoms with Crippen molar-refractivity contribution in [1.29, 1.82) is 0 Å². The van der Waals surface area contributed by atoms with E-state index in [1.165, 1.54) is 0 Å². The molecule has 0 bridgehead atoms. The predicted octanol–water partition coefficient (Wildman–Crippen LogP) is 3.58. The van der Waals surface area contributed by atoms with Crippen LogP contribution in [0.1, 0.15) is 52.5 Å². The second kappa shape index (κ2) is 8.43. The lowest BCUT2D eigenvalue weighted by Crippen LogP contribution is -2.51. The lowest BCUT2D eigenvalue weighted by atomic mass is 10.0. The van der Waals surface area contributed by atoms with Crippen molar-refractivity contribution in [1.82, 2.24) is 14.7 Å². The number of nitrogens with zero attached hydrogens (tertiary/aromatic N) is 3. The Balaban J connectivity index is 1.71. The molecule has 1 aromatic rings. The minimum absolute atomic E-state index is 0.0859. The molecule has 7 nitrogen and oxygen atoms in total. The van der Waals surface area contributed by atoms with Crippen LogP contribution in [0.25, 0.3) is 0 Å². The van der Waals surface area contributed by atoms with E-state index < -0.39 is 5.60 Å². The smallest absolute Gasteiger partial charge is 0.410 e. The number of amides is 1. The molecule has 2 aliphatic heterocycles. The van der Waals surface area contributed by atoms with Crippen molar-refractivity contribution < 1.29 is 19.0 Å². The Kier molecular flexibility index (Phi) is 6.45. The summed E-state index contributed by atoms with van der Waals surface area (Å²) in [6, 6.07) is 0.0859. The highest BCUT2D eigenvalue weighted by Gasteiger charge is 2.37. The van der Waals surface area contributed by atoms with Gasteiger partial charge in [0.25, 0.3) is 0 Å². The van der Waals surface area contributed by atoms with Crippen LogP contribution in [0.5, 0.6) is 0 Å². The van der Waals surface area contributed by atoms with Gasteiger partial charge in [-0.2, -0.15) is 5.10 Å². The highest BCUT2D eigenvalue weighted by Crippen LogP contribution is 2.29.